The predicted octanol–water partition coefficient (Wildman–Crippen LogP) is 0.102. The fourth-order valence-electron chi connectivity index (χ4n) is 1.98. The molecular formula is C12H22N4O3. The number of aromatic nitrogens is 2. The first-order valence-corrected chi connectivity index (χ1v) is 6.46. The quantitative estimate of drug-likeness (QED) is 0.585. The smallest absolute Gasteiger partial charge is 0.330 e. The lowest BCUT2D eigenvalue weighted by atomic mass is 9.93. The lowest BCUT2D eigenvalue weighted by molar-refractivity contribution is 0.202. The lowest BCUT2D eigenvalue weighted by Crippen LogP contribution is -2.44. The molecule has 0 amide bonds. The van der Waals surface area contributed by atoms with Gasteiger partial charge in [0.05, 0.1) is 12.1 Å². The highest BCUT2D eigenvalue weighted by Gasteiger charge is 2.27. The van der Waals surface area contributed by atoms with E-state index in [2.05, 4.69) is 10.3 Å². The van der Waals surface area contributed by atoms with Crippen LogP contribution in [0.25, 0.3) is 0 Å². The number of nitrogens with two attached hydrogens (primary N) is 1. The Balaban J connectivity index is 3.36. The molecule has 1 aromatic heterocycles. The fourth-order valence-corrected chi connectivity index (χ4v) is 1.98. The molecule has 7 nitrogen and oxygen atoms in total. The standard InChI is InChI=1S/C12H22N4O3/c1-4-12(5-2,7-17)15-8-9(13)16(6-3)11(19)14-10(8)18/h15,17H,4-7,13H2,1-3H3,(H,14,18,19). The molecule has 0 aromatic carbocycles. The first kappa shape index (κ1) is 15.3. The van der Waals surface area contributed by atoms with Crippen LogP contribution >= 0.6 is 0 Å². The molecule has 1 heterocycles. The second-order valence-electron chi connectivity index (χ2n) is 4.53. The molecule has 0 aliphatic carbocycles. The Morgan fingerprint density at radius 2 is 1.89 bits per heavy atom. The van der Waals surface area contributed by atoms with E-state index in [1.165, 1.54) is 4.57 Å². The van der Waals surface area contributed by atoms with Gasteiger partial charge in [-0.05, 0) is 19.8 Å². The summed E-state index contributed by atoms with van der Waals surface area (Å²) in [7, 11) is 0. The van der Waals surface area contributed by atoms with Crippen LogP contribution in [-0.4, -0.2) is 26.8 Å². The minimum atomic E-state index is -0.614. The van der Waals surface area contributed by atoms with Crippen LogP contribution in [0.4, 0.5) is 11.5 Å². The monoisotopic (exact) mass is 270 g/mol. The summed E-state index contributed by atoms with van der Waals surface area (Å²) in [6, 6.07) is 0. The van der Waals surface area contributed by atoms with Gasteiger partial charge in [0, 0.05) is 6.54 Å². The number of rotatable bonds is 6. The Bertz CT molecular complexity index is 535. The number of hydrogen-bond donors (Lipinski definition) is 4. The summed E-state index contributed by atoms with van der Waals surface area (Å²) in [5.41, 5.74) is 4.30. The van der Waals surface area contributed by atoms with Gasteiger partial charge in [-0.15, -0.1) is 0 Å². The highest BCUT2D eigenvalue weighted by Crippen LogP contribution is 2.22. The van der Waals surface area contributed by atoms with Crippen molar-refractivity contribution in [1.82, 2.24) is 9.55 Å². The van der Waals surface area contributed by atoms with Crippen LogP contribution in [0.1, 0.15) is 33.6 Å². The first-order valence-electron chi connectivity index (χ1n) is 6.46. The zero-order valence-corrected chi connectivity index (χ0v) is 11.6. The second kappa shape index (κ2) is 5.92. The highest BCUT2D eigenvalue weighted by molar-refractivity contribution is 5.61. The molecular weight excluding hydrogens is 248 g/mol. The van der Waals surface area contributed by atoms with Crippen LogP contribution in [-0.2, 0) is 6.54 Å². The number of anilines is 2. The molecule has 0 unspecified atom stereocenters. The van der Waals surface area contributed by atoms with Gasteiger partial charge >= 0.3 is 5.69 Å². The zero-order valence-electron chi connectivity index (χ0n) is 11.6. The number of aliphatic hydroxyl groups is 1. The van der Waals surface area contributed by atoms with Gasteiger partial charge < -0.3 is 16.2 Å². The number of nitrogens with zero attached hydrogens (tertiary/aromatic N) is 1. The Kier molecular flexibility index (Phi) is 4.77. The van der Waals surface area contributed by atoms with Crippen LogP contribution in [0.3, 0.4) is 0 Å². The fraction of sp³-hybridized carbons (Fsp3) is 0.667. The third-order valence-electron chi connectivity index (χ3n) is 3.60. The molecule has 108 valence electrons. The Labute approximate surface area is 111 Å². The van der Waals surface area contributed by atoms with Crippen LogP contribution in [0.2, 0.25) is 0 Å². The summed E-state index contributed by atoms with van der Waals surface area (Å²) in [5.74, 6) is 0.0935. The van der Waals surface area contributed by atoms with Crippen LogP contribution in [0.5, 0.6) is 0 Å². The lowest BCUT2D eigenvalue weighted by Gasteiger charge is -2.32. The molecule has 0 bridgehead atoms. The number of nitrogen functional groups attached to an aromatic ring is 1. The topological polar surface area (TPSA) is 113 Å². The third kappa shape index (κ3) is 2.81. The maximum absolute atomic E-state index is 11.9. The predicted molar refractivity (Wildman–Crippen MR) is 75.4 cm³/mol. The van der Waals surface area contributed by atoms with E-state index < -0.39 is 16.8 Å². The van der Waals surface area contributed by atoms with E-state index in [1.807, 2.05) is 13.8 Å². The molecule has 7 heteroatoms. The van der Waals surface area contributed by atoms with E-state index in [0.717, 1.165) is 0 Å². The molecule has 0 atom stereocenters. The van der Waals surface area contributed by atoms with E-state index in [0.29, 0.717) is 19.4 Å². The van der Waals surface area contributed by atoms with Crippen molar-refractivity contribution in [2.45, 2.75) is 45.7 Å². The molecule has 0 saturated heterocycles. The van der Waals surface area contributed by atoms with Crippen LogP contribution in [0, 0.1) is 0 Å². The third-order valence-corrected chi connectivity index (χ3v) is 3.60. The largest absolute Gasteiger partial charge is 0.394 e. The van der Waals surface area contributed by atoms with Crippen molar-refractivity contribution >= 4 is 11.5 Å². The molecule has 0 saturated carbocycles. The summed E-state index contributed by atoms with van der Waals surface area (Å²) in [4.78, 5) is 25.7. The molecule has 0 spiro atoms. The Hall–Kier alpha value is -1.76. The molecule has 0 aliphatic rings. The molecule has 5 N–H and O–H groups in total. The summed E-state index contributed by atoms with van der Waals surface area (Å²) in [6.45, 7) is 5.82. The first-order chi connectivity index (χ1) is 8.94. The minimum Gasteiger partial charge on any atom is -0.394 e. The van der Waals surface area contributed by atoms with E-state index in [9.17, 15) is 14.7 Å². The van der Waals surface area contributed by atoms with Crippen molar-refractivity contribution in [3.63, 3.8) is 0 Å². The van der Waals surface area contributed by atoms with E-state index in [4.69, 9.17) is 5.73 Å². The number of aliphatic hydroxyl groups excluding tert-OH is 1. The molecule has 19 heavy (non-hydrogen) atoms. The van der Waals surface area contributed by atoms with Crippen molar-refractivity contribution in [2.75, 3.05) is 17.7 Å². The van der Waals surface area contributed by atoms with Crippen molar-refractivity contribution in [3.05, 3.63) is 20.8 Å². The zero-order chi connectivity index (χ0) is 14.6. The van der Waals surface area contributed by atoms with Crippen LogP contribution < -0.4 is 22.3 Å². The summed E-state index contributed by atoms with van der Waals surface area (Å²) in [5, 5.41) is 12.5. The van der Waals surface area contributed by atoms with Gasteiger partial charge in [-0.1, -0.05) is 13.8 Å². The molecule has 1 aromatic rings. The normalized spacial score (nSPS) is 11.6. The summed E-state index contributed by atoms with van der Waals surface area (Å²) in [6.07, 6.45) is 1.26. The molecule has 0 fully saturated rings. The minimum absolute atomic E-state index is 0.0935. The number of aromatic amines is 1. The summed E-state index contributed by atoms with van der Waals surface area (Å²) < 4.78 is 1.27. The van der Waals surface area contributed by atoms with Crippen molar-refractivity contribution < 1.29 is 5.11 Å². The SMILES string of the molecule is CCn1c(N)c(NC(CC)(CC)CO)c(=O)[nH]c1=O. The Morgan fingerprint density at radius 1 is 1.32 bits per heavy atom. The number of H-pyrrole nitrogens is 1. The van der Waals surface area contributed by atoms with E-state index >= 15 is 0 Å². The second-order valence-corrected chi connectivity index (χ2v) is 4.53. The molecule has 1 rings (SSSR count). The van der Waals surface area contributed by atoms with Gasteiger partial charge in [0.25, 0.3) is 5.56 Å². The van der Waals surface area contributed by atoms with E-state index in [1.54, 1.807) is 6.92 Å². The number of hydrogen-bond acceptors (Lipinski definition) is 5. The maximum atomic E-state index is 11.9. The van der Waals surface area contributed by atoms with Gasteiger partial charge in [0.2, 0.25) is 0 Å². The van der Waals surface area contributed by atoms with Crippen molar-refractivity contribution in [2.24, 2.45) is 0 Å². The van der Waals surface area contributed by atoms with Crippen molar-refractivity contribution in [3.8, 4) is 0 Å². The molecule has 0 aliphatic heterocycles. The maximum Gasteiger partial charge on any atom is 0.330 e. The molecule has 0 radical (unpaired) electrons. The van der Waals surface area contributed by atoms with Gasteiger partial charge in [0.15, 0.2) is 0 Å². The van der Waals surface area contributed by atoms with Gasteiger partial charge in [0.1, 0.15) is 11.5 Å². The summed E-state index contributed by atoms with van der Waals surface area (Å²) >= 11 is 0. The Morgan fingerprint density at radius 3 is 2.32 bits per heavy atom. The number of nitrogens with one attached hydrogen (secondary N) is 2. The average Bonchev–Trinajstić information content (AvgIpc) is 2.40. The van der Waals surface area contributed by atoms with Gasteiger partial charge in [-0.3, -0.25) is 14.3 Å². The van der Waals surface area contributed by atoms with Gasteiger partial charge in [-0.2, -0.15) is 0 Å². The van der Waals surface area contributed by atoms with Crippen LogP contribution in [0.15, 0.2) is 9.59 Å². The van der Waals surface area contributed by atoms with E-state index in [-0.39, 0.29) is 18.1 Å². The highest BCUT2D eigenvalue weighted by atomic mass is 16.3. The van der Waals surface area contributed by atoms with Gasteiger partial charge in [-0.25, -0.2) is 4.79 Å². The average molecular weight is 270 g/mol. The van der Waals surface area contributed by atoms with Crippen molar-refractivity contribution in [1.29, 1.82) is 0 Å².